The van der Waals surface area contributed by atoms with Crippen molar-refractivity contribution in [1.29, 1.82) is 0 Å². The molecule has 2 rings (SSSR count). The normalized spacial score (nSPS) is 16.7. The molecule has 0 bridgehead atoms. The molecule has 2 N–H and O–H groups in total. The molecule has 1 fully saturated rings. The van der Waals surface area contributed by atoms with Gasteiger partial charge in [0.15, 0.2) is 0 Å². The number of H-pyrrole nitrogens is 1. The van der Waals surface area contributed by atoms with Gasteiger partial charge in [-0.2, -0.15) is 5.10 Å². The summed E-state index contributed by atoms with van der Waals surface area (Å²) in [6, 6.07) is 0.527. The Morgan fingerprint density at radius 3 is 3.08 bits per heavy atom. The van der Waals surface area contributed by atoms with E-state index < -0.39 is 0 Å². The van der Waals surface area contributed by atoms with Gasteiger partial charge in [0.2, 0.25) is 0 Å². The number of aromatic nitrogens is 2. The Morgan fingerprint density at radius 1 is 1.77 bits per heavy atom. The summed E-state index contributed by atoms with van der Waals surface area (Å²) >= 11 is 0. The first kappa shape index (κ1) is 8.10. The third kappa shape index (κ3) is 1.99. The predicted octanol–water partition coefficient (Wildman–Crippen LogP) is -0.201. The Kier molecular flexibility index (Phi) is 1.92. The van der Waals surface area contributed by atoms with Gasteiger partial charge in [-0.25, -0.2) is 0 Å². The minimum absolute atomic E-state index is 0.108. The van der Waals surface area contributed by atoms with Crippen molar-refractivity contribution in [3.63, 3.8) is 0 Å². The summed E-state index contributed by atoms with van der Waals surface area (Å²) in [7, 11) is 1.77. The van der Waals surface area contributed by atoms with Crippen LogP contribution >= 0.6 is 0 Å². The lowest BCUT2D eigenvalue weighted by molar-refractivity contribution is 0.741. The topological polar surface area (TPSA) is 62.2 Å². The second-order valence-electron chi connectivity index (χ2n) is 3.30. The fraction of sp³-hybridized carbons (Fsp3) is 0.500. The molecule has 1 aliphatic carbocycles. The molecule has 5 heteroatoms. The molecular weight excluding hydrogens is 168 g/mol. The van der Waals surface area contributed by atoms with Crippen molar-refractivity contribution >= 4 is 6.21 Å². The highest BCUT2D eigenvalue weighted by Crippen LogP contribution is 2.18. The van der Waals surface area contributed by atoms with Crippen molar-refractivity contribution < 1.29 is 0 Å². The van der Waals surface area contributed by atoms with Gasteiger partial charge in [-0.1, -0.05) is 0 Å². The van der Waals surface area contributed by atoms with Gasteiger partial charge in [-0.05, 0) is 12.8 Å². The molecule has 0 radical (unpaired) electrons. The van der Waals surface area contributed by atoms with Crippen LogP contribution in [0.25, 0.3) is 0 Å². The fourth-order valence-electron chi connectivity index (χ4n) is 1.04. The number of aromatic amines is 1. The number of rotatable bonds is 3. The molecule has 1 heterocycles. The molecule has 0 amide bonds. The first-order valence-electron chi connectivity index (χ1n) is 4.30. The standard InChI is InChI=1S/C8H12N4O/c1-12-5-6(8(13)11-12)4-9-10-7-2-3-7/h4-5,7,10H,2-3H2,1H3,(H,11,13)/b9-4+. The summed E-state index contributed by atoms with van der Waals surface area (Å²) < 4.78 is 1.61. The summed E-state index contributed by atoms with van der Waals surface area (Å²) in [6.45, 7) is 0. The van der Waals surface area contributed by atoms with E-state index in [0.29, 0.717) is 11.6 Å². The van der Waals surface area contributed by atoms with Gasteiger partial charge in [-0.3, -0.25) is 14.6 Å². The van der Waals surface area contributed by atoms with E-state index in [4.69, 9.17) is 0 Å². The Balaban J connectivity index is 2.02. The third-order valence-corrected chi connectivity index (χ3v) is 1.91. The second kappa shape index (κ2) is 3.08. The smallest absolute Gasteiger partial charge is 0.272 e. The molecule has 0 unspecified atom stereocenters. The summed E-state index contributed by atoms with van der Waals surface area (Å²) in [4.78, 5) is 11.1. The van der Waals surface area contributed by atoms with Crippen molar-refractivity contribution in [1.82, 2.24) is 15.2 Å². The molecule has 5 nitrogen and oxygen atoms in total. The third-order valence-electron chi connectivity index (χ3n) is 1.91. The molecular formula is C8H12N4O. The van der Waals surface area contributed by atoms with Gasteiger partial charge in [0.05, 0.1) is 11.8 Å². The predicted molar refractivity (Wildman–Crippen MR) is 49.8 cm³/mol. The highest BCUT2D eigenvalue weighted by atomic mass is 16.1. The minimum atomic E-state index is -0.108. The number of hydrazone groups is 1. The van der Waals surface area contributed by atoms with Crippen LogP contribution in [0.2, 0.25) is 0 Å². The van der Waals surface area contributed by atoms with Crippen molar-refractivity contribution in [2.24, 2.45) is 12.1 Å². The second-order valence-corrected chi connectivity index (χ2v) is 3.30. The SMILES string of the molecule is Cn1cc(/C=N/NC2CC2)c(=O)[nH]1. The maximum atomic E-state index is 11.1. The van der Waals surface area contributed by atoms with Crippen LogP contribution < -0.4 is 11.0 Å². The maximum Gasteiger partial charge on any atom is 0.272 e. The van der Waals surface area contributed by atoms with Gasteiger partial charge in [0.1, 0.15) is 0 Å². The summed E-state index contributed by atoms with van der Waals surface area (Å²) in [6.07, 6.45) is 5.63. The lowest BCUT2D eigenvalue weighted by Crippen LogP contribution is -2.10. The summed E-state index contributed by atoms with van der Waals surface area (Å²) in [5.41, 5.74) is 3.42. The van der Waals surface area contributed by atoms with Crippen LogP contribution in [0.1, 0.15) is 18.4 Å². The molecule has 1 aliphatic rings. The fourth-order valence-corrected chi connectivity index (χ4v) is 1.04. The average Bonchev–Trinajstić information content (AvgIpc) is 2.81. The first-order valence-corrected chi connectivity index (χ1v) is 4.30. The molecule has 0 atom stereocenters. The van der Waals surface area contributed by atoms with E-state index in [2.05, 4.69) is 15.6 Å². The maximum absolute atomic E-state index is 11.1. The molecule has 0 saturated heterocycles. The Morgan fingerprint density at radius 2 is 2.54 bits per heavy atom. The van der Waals surface area contributed by atoms with Gasteiger partial charge in [-0.15, -0.1) is 0 Å². The molecule has 0 spiro atoms. The lowest BCUT2D eigenvalue weighted by atomic mass is 10.4. The Hall–Kier alpha value is -1.52. The van der Waals surface area contributed by atoms with Crippen molar-refractivity contribution in [3.05, 3.63) is 22.1 Å². The van der Waals surface area contributed by atoms with Gasteiger partial charge >= 0.3 is 0 Å². The van der Waals surface area contributed by atoms with Crippen molar-refractivity contribution in [2.75, 3.05) is 0 Å². The number of hydrogen-bond donors (Lipinski definition) is 2. The zero-order chi connectivity index (χ0) is 9.26. The molecule has 1 aromatic heterocycles. The van der Waals surface area contributed by atoms with Crippen LogP contribution in [-0.4, -0.2) is 22.0 Å². The van der Waals surface area contributed by atoms with E-state index in [1.807, 2.05) is 0 Å². The van der Waals surface area contributed by atoms with E-state index in [0.717, 1.165) is 0 Å². The van der Waals surface area contributed by atoms with E-state index in [1.165, 1.54) is 12.8 Å². The molecule has 13 heavy (non-hydrogen) atoms. The minimum Gasteiger partial charge on any atom is -0.307 e. The van der Waals surface area contributed by atoms with Crippen LogP contribution in [0, 0.1) is 0 Å². The van der Waals surface area contributed by atoms with Gasteiger partial charge in [0, 0.05) is 19.3 Å². The highest BCUT2D eigenvalue weighted by molar-refractivity contribution is 5.78. The lowest BCUT2D eigenvalue weighted by Gasteiger charge is -1.90. The van der Waals surface area contributed by atoms with Crippen molar-refractivity contribution in [3.8, 4) is 0 Å². The molecule has 0 aliphatic heterocycles. The number of hydrogen-bond acceptors (Lipinski definition) is 3. The summed E-state index contributed by atoms with van der Waals surface area (Å²) in [5, 5.41) is 6.57. The molecule has 1 aromatic rings. The van der Waals surface area contributed by atoms with E-state index in [1.54, 1.807) is 24.1 Å². The van der Waals surface area contributed by atoms with Crippen LogP contribution in [0.4, 0.5) is 0 Å². The number of nitrogens with one attached hydrogen (secondary N) is 2. The zero-order valence-corrected chi connectivity index (χ0v) is 7.45. The van der Waals surface area contributed by atoms with E-state index in [9.17, 15) is 4.79 Å². The number of aryl methyl sites for hydroxylation is 1. The van der Waals surface area contributed by atoms with Crippen LogP contribution in [0.5, 0.6) is 0 Å². The summed E-state index contributed by atoms with van der Waals surface area (Å²) in [5.74, 6) is 0. The molecule has 0 aromatic carbocycles. The van der Waals surface area contributed by atoms with Gasteiger partial charge < -0.3 is 5.43 Å². The average molecular weight is 180 g/mol. The molecule has 1 saturated carbocycles. The van der Waals surface area contributed by atoms with E-state index in [-0.39, 0.29) is 5.56 Å². The highest BCUT2D eigenvalue weighted by Gasteiger charge is 2.19. The van der Waals surface area contributed by atoms with Crippen LogP contribution in [0.3, 0.4) is 0 Å². The Bertz CT molecular complexity index is 372. The largest absolute Gasteiger partial charge is 0.307 e. The van der Waals surface area contributed by atoms with Gasteiger partial charge in [0.25, 0.3) is 5.56 Å². The van der Waals surface area contributed by atoms with Crippen LogP contribution in [0.15, 0.2) is 16.1 Å². The quantitative estimate of drug-likeness (QED) is 0.500. The number of nitrogens with zero attached hydrogens (tertiary/aromatic N) is 2. The Labute approximate surface area is 75.4 Å². The van der Waals surface area contributed by atoms with Crippen LogP contribution in [-0.2, 0) is 7.05 Å². The monoisotopic (exact) mass is 180 g/mol. The van der Waals surface area contributed by atoms with Crippen molar-refractivity contribution in [2.45, 2.75) is 18.9 Å². The zero-order valence-electron chi connectivity index (χ0n) is 7.45. The van der Waals surface area contributed by atoms with E-state index >= 15 is 0 Å². The molecule has 70 valence electrons. The first-order chi connectivity index (χ1) is 6.25.